The van der Waals surface area contributed by atoms with E-state index in [0.29, 0.717) is 18.8 Å². The molecule has 0 spiro atoms. The Morgan fingerprint density at radius 2 is 2.28 bits per heavy atom. The zero-order valence-corrected chi connectivity index (χ0v) is 10.6. The van der Waals surface area contributed by atoms with Crippen LogP contribution >= 0.6 is 11.6 Å². The minimum absolute atomic E-state index is 0.0154. The number of halogens is 2. The summed E-state index contributed by atoms with van der Waals surface area (Å²) in [4.78, 5) is 12.0. The summed E-state index contributed by atoms with van der Waals surface area (Å²) >= 11 is 5.63. The molecule has 3 nitrogen and oxygen atoms in total. The van der Waals surface area contributed by atoms with Gasteiger partial charge in [0.1, 0.15) is 5.41 Å². The van der Waals surface area contributed by atoms with Gasteiger partial charge in [-0.2, -0.15) is 5.26 Å². The molecular formula is C13H12ClFN2O. The first-order chi connectivity index (χ1) is 8.48. The number of carbonyl (C=O) groups excluding carboxylic acids is 1. The van der Waals surface area contributed by atoms with E-state index in [2.05, 4.69) is 5.32 Å². The summed E-state index contributed by atoms with van der Waals surface area (Å²) in [5.74, 6) is -0.781. The van der Waals surface area contributed by atoms with Gasteiger partial charge >= 0.3 is 0 Å². The van der Waals surface area contributed by atoms with Crippen molar-refractivity contribution in [3.05, 3.63) is 29.0 Å². The number of nitrogens with zero attached hydrogens (tertiary/aromatic N) is 1. The van der Waals surface area contributed by atoms with E-state index in [1.165, 1.54) is 12.1 Å². The van der Waals surface area contributed by atoms with Crippen LogP contribution in [0.3, 0.4) is 0 Å². The summed E-state index contributed by atoms with van der Waals surface area (Å²) in [6.07, 6.45) is 1.02. The van der Waals surface area contributed by atoms with Crippen LogP contribution < -0.4 is 5.32 Å². The van der Waals surface area contributed by atoms with E-state index in [1.54, 1.807) is 6.07 Å². The Morgan fingerprint density at radius 3 is 2.83 bits per heavy atom. The third kappa shape index (κ3) is 2.06. The van der Waals surface area contributed by atoms with E-state index in [4.69, 9.17) is 16.9 Å². The highest BCUT2D eigenvalue weighted by molar-refractivity contribution is 6.31. The van der Waals surface area contributed by atoms with Crippen LogP contribution in [0.2, 0.25) is 5.02 Å². The molecule has 0 aliphatic heterocycles. The summed E-state index contributed by atoms with van der Waals surface area (Å²) in [6.45, 7) is 1.98. The third-order valence-electron chi connectivity index (χ3n) is 3.24. The molecule has 1 amide bonds. The maximum atomic E-state index is 13.6. The lowest BCUT2D eigenvalue weighted by atomic mass is 9.63. The largest absolute Gasteiger partial charge is 0.322 e. The van der Waals surface area contributed by atoms with E-state index < -0.39 is 17.1 Å². The van der Waals surface area contributed by atoms with Gasteiger partial charge in [-0.25, -0.2) is 4.39 Å². The number of nitrogens with one attached hydrogen (secondary N) is 1. The molecule has 1 saturated carbocycles. The Hall–Kier alpha value is -1.60. The van der Waals surface area contributed by atoms with Gasteiger partial charge in [-0.1, -0.05) is 24.6 Å². The van der Waals surface area contributed by atoms with Crippen LogP contribution in [-0.2, 0) is 4.79 Å². The van der Waals surface area contributed by atoms with Crippen LogP contribution in [0.15, 0.2) is 18.2 Å². The minimum atomic E-state index is -1.02. The summed E-state index contributed by atoms with van der Waals surface area (Å²) in [5.41, 5.74) is -1.00. The molecule has 1 aliphatic rings. The van der Waals surface area contributed by atoms with Crippen molar-refractivity contribution >= 4 is 23.2 Å². The Balaban J connectivity index is 2.18. The van der Waals surface area contributed by atoms with Gasteiger partial charge < -0.3 is 5.32 Å². The topological polar surface area (TPSA) is 52.9 Å². The second-order valence-electron chi connectivity index (χ2n) is 4.76. The van der Waals surface area contributed by atoms with Crippen molar-refractivity contribution in [2.45, 2.75) is 19.8 Å². The Bertz CT molecular complexity index is 532. The number of hydrogen-bond donors (Lipinski definition) is 1. The summed E-state index contributed by atoms with van der Waals surface area (Å²) in [5, 5.41) is 11.5. The first-order valence-electron chi connectivity index (χ1n) is 5.65. The molecule has 0 aromatic heterocycles. The lowest BCUT2D eigenvalue weighted by Crippen LogP contribution is -2.45. The zero-order chi connectivity index (χ0) is 13.3. The van der Waals surface area contributed by atoms with Crippen molar-refractivity contribution in [2.24, 2.45) is 11.3 Å². The summed E-state index contributed by atoms with van der Waals surface area (Å²) in [7, 11) is 0. The number of carbonyl (C=O) groups is 1. The van der Waals surface area contributed by atoms with Crippen LogP contribution in [0.1, 0.15) is 19.8 Å². The van der Waals surface area contributed by atoms with Gasteiger partial charge in [-0.3, -0.25) is 4.79 Å². The van der Waals surface area contributed by atoms with Gasteiger partial charge in [0.25, 0.3) is 0 Å². The number of amides is 1. The predicted octanol–water partition coefficient (Wildman–Crippen LogP) is 3.36. The SMILES string of the molecule is CC1CC(C#N)(C(=O)Nc2cccc(Cl)c2F)C1. The van der Waals surface area contributed by atoms with Gasteiger partial charge in [-0.05, 0) is 30.9 Å². The molecule has 1 aliphatic carbocycles. The van der Waals surface area contributed by atoms with Crippen molar-refractivity contribution in [1.29, 1.82) is 5.26 Å². The van der Waals surface area contributed by atoms with Crippen molar-refractivity contribution in [3.63, 3.8) is 0 Å². The summed E-state index contributed by atoms with van der Waals surface area (Å²) in [6, 6.07) is 6.40. The Morgan fingerprint density at radius 1 is 1.61 bits per heavy atom. The van der Waals surface area contributed by atoms with Gasteiger partial charge in [0.2, 0.25) is 5.91 Å². The Kier molecular flexibility index (Phi) is 3.27. The molecule has 0 radical (unpaired) electrons. The first-order valence-corrected chi connectivity index (χ1v) is 6.03. The molecule has 94 valence electrons. The zero-order valence-electron chi connectivity index (χ0n) is 9.84. The average Bonchev–Trinajstić information content (AvgIpc) is 2.30. The van der Waals surface area contributed by atoms with Crippen LogP contribution in [0.5, 0.6) is 0 Å². The number of rotatable bonds is 2. The van der Waals surface area contributed by atoms with Crippen LogP contribution in [-0.4, -0.2) is 5.91 Å². The third-order valence-corrected chi connectivity index (χ3v) is 3.53. The number of anilines is 1. The molecule has 0 unspecified atom stereocenters. The van der Waals surface area contributed by atoms with E-state index in [0.717, 1.165) is 0 Å². The van der Waals surface area contributed by atoms with Crippen molar-refractivity contribution in [2.75, 3.05) is 5.32 Å². The highest BCUT2D eigenvalue weighted by Gasteiger charge is 2.49. The van der Waals surface area contributed by atoms with E-state index in [-0.39, 0.29) is 10.7 Å². The molecular weight excluding hydrogens is 255 g/mol. The first kappa shape index (κ1) is 12.8. The fraction of sp³-hybridized carbons (Fsp3) is 0.385. The second-order valence-corrected chi connectivity index (χ2v) is 5.17. The molecule has 18 heavy (non-hydrogen) atoms. The van der Waals surface area contributed by atoms with Gasteiger partial charge in [-0.15, -0.1) is 0 Å². The molecule has 0 atom stereocenters. The Labute approximate surface area is 110 Å². The van der Waals surface area contributed by atoms with Crippen LogP contribution in [0.4, 0.5) is 10.1 Å². The molecule has 5 heteroatoms. The van der Waals surface area contributed by atoms with Crippen LogP contribution in [0.25, 0.3) is 0 Å². The van der Waals surface area contributed by atoms with E-state index in [9.17, 15) is 9.18 Å². The minimum Gasteiger partial charge on any atom is -0.322 e. The molecule has 1 N–H and O–H groups in total. The number of nitriles is 1. The van der Waals surface area contributed by atoms with Crippen molar-refractivity contribution < 1.29 is 9.18 Å². The maximum absolute atomic E-state index is 13.6. The smallest absolute Gasteiger partial charge is 0.244 e. The number of benzene rings is 1. The maximum Gasteiger partial charge on any atom is 0.244 e. The van der Waals surface area contributed by atoms with Crippen LogP contribution in [0, 0.1) is 28.5 Å². The number of hydrogen-bond acceptors (Lipinski definition) is 2. The highest BCUT2D eigenvalue weighted by Crippen LogP contribution is 2.45. The molecule has 2 rings (SSSR count). The lowest BCUT2D eigenvalue weighted by molar-refractivity contribution is -0.128. The standard InChI is InChI=1S/C13H12ClFN2O/c1-8-5-13(6-8,7-16)12(18)17-10-4-2-3-9(14)11(10)15/h2-4,8H,5-6H2,1H3,(H,17,18). The fourth-order valence-electron chi connectivity index (χ4n) is 2.30. The van der Waals surface area contributed by atoms with Gasteiger partial charge in [0, 0.05) is 0 Å². The molecule has 0 heterocycles. The predicted molar refractivity (Wildman–Crippen MR) is 66.5 cm³/mol. The molecule has 1 aromatic rings. The second kappa shape index (κ2) is 4.58. The normalized spacial score (nSPS) is 26.0. The molecule has 0 bridgehead atoms. The fourth-order valence-corrected chi connectivity index (χ4v) is 2.47. The highest BCUT2D eigenvalue weighted by atomic mass is 35.5. The molecule has 0 saturated heterocycles. The van der Waals surface area contributed by atoms with E-state index >= 15 is 0 Å². The van der Waals surface area contributed by atoms with E-state index in [1.807, 2.05) is 13.0 Å². The summed E-state index contributed by atoms with van der Waals surface area (Å²) < 4.78 is 13.6. The van der Waals surface area contributed by atoms with Crippen molar-refractivity contribution in [1.82, 2.24) is 0 Å². The van der Waals surface area contributed by atoms with Crippen molar-refractivity contribution in [3.8, 4) is 6.07 Å². The monoisotopic (exact) mass is 266 g/mol. The quantitative estimate of drug-likeness (QED) is 0.892. The van der Waals surface area contributed by atoms with Gasteiger partial charge in [0.15, 0.2) is 5.82 Å². The lowest BCUT2D eigenvalue weighted by Gasteiger charge is -2.39. The average molecular weight is 267 g/mol. The van der Waals surface area contributed by atoms with Gasteiger partial charge in [0.05, 0.1) is 16.8 Å². The molecule has 1 aromatic carbocycles. The molecule has 1 fully saturated rings.